The zero-order valence-electron chi connectivity index (χ0n) is 11.2. The van der Waals surface area contributed by atoms with Crippen molar-refractivity contribution < 1.29 is 0 Å². The van der Waals surface area contributed by atoms with E-state index in [9.17, 15) is 0 Å². The molecule has 3 nitrogen and oxygen atoms in total. The first-order chi connectivity index (χ1) is 7.97. The third-order valence-corrected chi connectivity index (χ3v) is 4.03. The highest BCUT2D eigenvalue weighted by Gasteiger charge is 2.20. The number of aromatic nitrogens is 2. The molecule has 1 heterocycles. The molecule has 1 unspecified atom stereocenters. The predicted molar refractivity (Wildman–Crippen MR) is 77.0 cm³/mol. The van der Waals surface area contributed by atoms with Crippen LogP contribution in [0.4, 0.5) is 0 Å². The lowest BCUT2D eigenvalue weighted by molar-refractivity contribution is 0.477. The molecule has 0 aliphatic heterocycles. The molecule has 1 rings (SSSR count). The molecule has 0 bridgehead atoms. The normalized spacial score (nSPS) is 13.6. The molecule has 0 saturated carbocycles. The second-order valence-corrected chi connectivity index (χ2v) is 6.66. The fourth-order valence-corrected chi connectivity index (χ4v) is 2.84. The van der Waals surface area contributed by atoms with Crippen molar-refractivity contribution in [3.8, 4) is 0 Å². The Hall–Kier alpha value is -0.190. The van der Waals surface area contributed by atoms with E-state index in [1.54, 1.807) is 6.20 Å². The van der Waals surface area contributed by atoms with Crippen molar-refractivity contribution in [3.05, 3.63) is 16.9 Å². The third kappa shape index (κ3) is 3.90. The van der Waals surface area contributed by atoms with Crippen molar-refractivity contribution in [1.82, 2.24) is 15.1 Å². The molecule has 0 saturated heterocycles. The number of rotatable bonds is 6. The number of hydrogen-bond acceptors (Lipinski definition) is 3. The van der Waals surface area contributed by atoms with Crippen LogP contribution in [0.5, 0.6) is 0 Å². The summed E-state index contributed by atoms with van der Waals surface area (Å²) in [6.07, 6.45) is 1.74. The Morgan fingerprint density at radius 1 is 1.41 bits per heavy atom. The quantitative estimate of drug-likeness (QED) is 0.862. The maximum atomic E-state index is 6.25. The molecule has 0 fully saturated rings. The molecule has 1 aromatic rings. The van der Waals surface area contributed by atoms with Gasteiger partial charge < -0.3 is 5.32 Å². The highest BCUT2D eigenvalue weighted by Crippen LogP contribution is 2.28. The first-order valence-electron chi connectivity index (χ1n) is 5.99. The molecule has 1 atom stereocenters. The number of nitrogens with one attached hydrogen (secondary N) is 1. The molecule has 1 aromatic heterocycles. The summed E-state index contributed by atoms with van der Waals surface area (Å²) in [4.78, 5) is 0. The van der Waals surface area contributed by atoms with E-state index in [1.165, 1.54) is 0 Å². The molecule has 5 heteroatoms. The van der Waals surface area contributed by atoms with Crippen molar-refractivity contribution in [3.63, 3.8) is 0 Å². The minimum Gasteiger partial charge on any atom is -0.311 e. The van der Waals surface area contributed by atoms with Gasteiger partial charge in [-0.15, -0.1) is 0 Å². The van der Waals surface area contributed by atoms with Gasteiger partial charge in [0.15, 0.2) is 0 Å². The van der Waals surface area contributed by atoms with E-state index in [2.05, 4.69) is 38.1 Å². The molecule has 17 heavy (non-hydrogen) atoms. The van der Waals surface area contributed by atoms with Crippen LogP contribution in [0.15, 0.2) is 6.20 Å². The van der Waals surface area contributed by atoms with Crippen LogP contribution < -0.4 is 5.32 Å². The minimum absolute atomic E-state index is 0.250. The fraction of sp³-hybridized carbons (Fsp3) is 0.750. The van der Waals surface area contributed by atoms with E-state index < -0.39 is 0 Å². The van der Waals surface area contributed by atoms with Gasteiger partial charge in [0.2, 0.25) is 0 Å². The second kappa shape index (κ2) is 6.66. The first kappa shape index (κ1) is 14.9. The SMILES string of the molecule is CNC(CSC(C)C)c1c(Cl)cnn1C(C)C. The Morgan fingerprint density at radius 3 is 2.53 bits per heavy atom. The summed E-state index contributed by atoms with van der Waals surface area (Å²) in [6.45, 7) is 8.65. The van der Waals surface area contributed by atoms with Crippen LogP contribution in [0.25, 0.3) is 0 Å². The largest absolute Gasteiger partial charge is 0.311 e. The van der Waals surface area contributed by atoms with Crippen molar-refractivity contribution in [2.45, 2.75) is 45.0 Å². The second-order valence-electron chi connectivity index (χ2n) is 4.64. The van der Waals surface area contributed by atoms with Gasteiger partial charge in [-0.3, -0.25) is 4.68 Å². The van der Waals surface area contributed by atoms with Gasteiger partial charge in [0.05, 0.1) is 23.0 Å². The van der Waals surface area contributed by atoms with Crippen LogP contribution in [0.2, 0.25) is 5.02 Å². The zero-order valence-corrected chi connectivity index (χ0v) is 12.8. The maximum Gasteiger partial charge on any atom is 0.0834 e. The molecule has 0 aromatic carbocycles. The molecule has 0 aliphatic rings. The summed E-state index contributed by atoms with van der Waals surface area (Å²) < 4.78 is 2.00. The summed E-state index contributed by atoms with van der Waals surface area (Å²) in [5.74, 6) is 1.01. The van der Waals surface area contributed by atoms with E-state index >= 15 is 0 Å². The van der Waals surface area contributed by atoms with Crippen LogP contribution in [0.3, 0.4) is 0 Å². The molecule has 0 amide bonds. The minimum atomic E-state index is 0.250. The van der Waals surface area contributed by atoms with Gasteiger partial charge in [0.25, 0.3) is 0 Å². The lowest BCUT2D eigenvalue weighted by atomic mass is 10.2. The maximum absolute atomic E-state index is 6.25. The Bertz CT molecular complexity index is 350. The van der Waals surface area contributed by atoms with Gasteiger partial charge in [0, 0.05) is 11.8 Å². The monoisotopic (exact) mass is 275 g/mol. The molecular weight excluding hydrogens is 254 g/mol. The lowest BCUT2D eigenvalue weighted by Gasteiger charge is -2.21. The Labute approximate surface area is 113 Å². The average molecular weight is 276 g/mol. The average Bonchev–Trinajstić information content (AvgIpc) is 2.62. The van der Waals surface area contributed by atoms with Gasteiger partial charge in [-0.05, 0) is 26.1 Å². The number of thioether (sulfide) groups is 1. The number of halogens is 1. The molecule has 0 spiro atoms. The summed E-state index contributed by atoms with van der Waals surface area (Å²) >= 11 is 8.17. The van der Waals surface area contributed by atoms with E-state index in [0.29, 0.717) is 11.3 Å². The highest BCUT2D eigenvalue weighted by molar-refractivity contribution is 7.99. The van der Waals surface area contributed by atoms with Gasteiger partial charge in [-0.25, -0.2) is 0 Å². The van der Waals surface area contributed by atoms with Gasteiger partial charge in [-0.2, -0.15) is 16.9 Å². The summed E-state index contributed by atoms with van der Waals surface area (Å²) in [5.41, 5.74) is 1.09. The van der Waals surface area contributed by atoms with Gasteiger partial charge in [0.1, 0.15) is 0 Å². The molecule has 0 radical (unpaired) electrons. The van der Waals surface area contributed by atoms with Gasteiger partial charge in [-0.1, -0.05) is 25.4 Å². The molecular formula is C12H22ClN3S. The standard InChI is InChI=1S/C12H22ClN3S/c1-8(2)16-12(10(13)6-15-16)11(14-5)7-17-9(3)4/h6,8-9,11,14H,7H2,1-5H3. The number of nitrogens with zero attached hydrogens (tertiary/aromatic N) is 2. The van der Waals surface area contributed by atoms with E-state index in [0.717, 1.165) is 16.5 Å². The van der Waals surface area contributed by atoms with Crippen molar-refractivity contribution in [2.75, 3.05) is 12.8 Å². The smallest absolute Gasteiger partial charge is 0.0834 e. The molecule has 98 valence electrons. The van der Waals surface area contributed by atoms with Crippen molar-refractivity contribution in [2.24, 2.45) is 0 Å². The highest BCUT2D eigenvalue weighted by atomic mass is 35.5. The Morgan fingerprint density at radius 2 is 2.06 bits per heavy atom. The van der Waals surface area contributed by atoms with Crippen LogP contribution >= 0.6 is 23.4 Å². The van der Waals surface area contributed by atoms with Crippen molar-refractivity contribution >= 4 is 23.4 Å². The van der Waals surface area contributed by atoms with Crippen molar-refractivity contribution in [1.29, 1.82) is 0 Å². The van der Waals surface area contributed by atoms with Crippen LogP contribution in [-0.4, -0.2) is 27.8 Å². The van der Waals surface area contributed by atoms with E-state index in [-0.39, 0.29) is 6.04 Å². The zero-order chi connectivity index (χ0) is 13.0. The Balaban J connectivity index is 2.90. The summed E-state index contributed by atoms with van der Waals surface area (Å²) in [7, 11) is 1.97. The van der Waals surface area contributed by atoms with Gasteiger partial charge >= 0.3 is 0 Å². The molecule has 1 N–H and O–H groups in total. The third-order valence-electron chi connectivity index (χ3n) is 2.55. The van der Waals surface area contributed by atoms with E-state index in [4.69, 9.17) is 11.6 Å². The molecule has 0 aliphatic carbocycles. The topological polar surface area (TPSA) is 29.9 Å². The van der Waals surface area contributed by atoms with E-state index in [1.807, 2.05) is 23.5 Å². The fourth-order valence-electron chi connectivity index (χ4n) is 1.68. The lowest BCUT2D eigenvalue weighted by Crippen LogP contribution is -2.24. The van der Waals surface area contributed by atoms with Crippen LogP contribution in [-0.2, 0) is 0 Å². The predicted octanol–water partition coefficient (Wildman–Crippen LogP) is 3.52. The van der Waals surface area contributed by atoms with Crippen LogP contribution in [0, 0.1) is 0 Å². The summed E-state index contributed by atoms with van der Waals surface area (Å²) in [5, 5.41) is 9.05. The Kier molecular flexibility index (Phi) is 5.83. The number of hydrogen-bond donors (Lipinski definition) is 1. The summed E-state index contributed by atoms with van der Waals surface area (Å²) in [6, 6.07) is 0.581. The van der Waals surface area contributed by atoms with Crippen LogP contribution in [0.1, 0.15) is 45.5 Å². The first-order valence-corrected chi connectivity index (χ1v) is 7.41.